The van der Waals surface area contributed by atoms with E-state index in [9.17, 15) is 4.79 Å². The second-order valence-corrected chi connectivity index (χ2v) is 2.16. The van der Waals surface area contributed by atoms with E-state index in [1.807, 2.05) is 24.3 Å². The molecule has 1 aromatic heterocycles. The first kappa shape index (κ1) is 7.79. The fourth-order valence-electron chi connectivity index (χ4n) is 0.750. The number of carbonyl (C=O) groups excluding carboxylic acids is 1. The van der Waals surface area contributed by atoms with Crippen LogP contribution < -0.4 is 0 Å². The predicted molar refractivity (Wildman–Crippen MR) is 43.0 cm³/mol. The van der Waals surface area contributed by atoms with E-state index in [-0.39, 0.29) is 0 Å². The third kappa shape index (κ3) is 2.85. The largest absolute Gasteiger partial charge is 0.465 e. The zero-order valence-corrected chi connectivity index (χ0v) is 6.19. The number of rotatable bonds is 4. The fraction of sp³-hybridized carbons (Fsp3) is 0.222. The Morgan fingerprint density at radius 2 is 2.36 bits per heavy atom. The van der Waals surface area contributed by atoms with E-state index < -0.39 is 0 Å². The van der Waals surface area contributed by atoms with Crippen LogP contribution in [0.4, 0.5) is 0 Å². The Labute approximate surface area is 65.5 Å². The summed E-state index contributed by atoms with van der Waals surface area (Å²) in [5.74, 6) is 0.830. The molecule has 58 valence electrons. The summed E-state index contributed by atoms with van der Waals surface area (Å²) in [6.07, 6.45) is 7.68. The Morgan fingerprint density at radius 1 is 1.45 bits per heavy atom. The molecule has 0 aliphatic carbocycles. The van der Waals surface area contributed by atoms with E-state index in [1.165, 1.54) is 0 Å². The molecule has 0 unspecified atom stereocenters. The first-order valence-corrected chi connectivity index (χ1v) is 3.57. The molecule has 11 heavy (non-hydrogen) atoms. The van der Waals surface area contributed by atoms with Gasteiger partial charge in [-0.3, -0.25) is 0 Å². The Bertz CT molecular complexity index is 222. The van der Waals surface area contributed by atoms with Gasteiger partial charge in [0.25, 0.3) is 0 Å². The molecule has 0 fully saturated rings. The SMILES string of the molecule is O=CCC/C=C/c1ccco1. The fourth-order valence-corrected chi connectivity index (χ4v) is 0.750. The topological polar surface area (TPSA) is 30.2 Å². The zero-order valence-electron chi connectivity index (χ0n) is 6.19. The maximum atomic E-state index is 9.91. The van der Waals surface area contributed by atoms with Gasteiger partial charge in [0, 0.05) is 6.42 Å². The minimum absolute atomic E-state index is 0.581. The Kier molecular flexibility index (Phi) is 3.19. The van der Waals surface area contributed by atoms with Crippen molar-refractivity contribution in [1.82, 2.24) is 0 Å². The summed E-state index contributed by atoms with van der Waals surface area (Å²) in [6, 6.07) is 3.71. The smallest absolute Gasteiger partial charge is 0.126 e. The monoisotopic (exact) mass is 150 g/mol. The summed E-state index contributed by atoms with van der Waals surface area (Å²) in [7, 11) is 0. The van der Waals surface area contributed by atoms with E-state index in [0.29, 0.717) is 6.42 Å². The molecule has 0 aliphatic rings. The highest BCUT2D eigenvalue weighted by atomic mass is 16.3. The van der Waals surface area contributed by atoms with Crippen LogP contribution in [0.3, 0.4) is 0 Å². The molecule has 0 amide bonds. The van der Waals surface area contributed by atoms with Crippen molar-refractivity contribution in [2.24, 2.45) is 0 Å². The molecule has 0 N–H and O–H groups in total. The molecule has 0 spiro atoms. The highest BCUT2D eigenvalue weighted by Crippen LogP contribution is 2.03. The standard InChI is InChI=1S/C9H10O2/c10-7-3-1-2-5-9-6-4-8-11-9/h2,4-8H,1,3H2/b5-2+. The summed E-state index contributed by atoms with van der Waals surface area (Å²) in [5.41, 5.74) is 0. The summed E-state index contributed by atoms with van der Waals surface area (Å²) in [6.45, 7) is 0. The molecule has 0 aromatic carbocycles. The number of carbonyl (C=O) groups is 1. The predicted octanol–water partition coefficient (Wildman–Crippen LogP) is 2.27. The molecule has 0 aliphatic heterocycles. The van der Waals surface area contributed by atoms with Crippen LogP contribution >= 0.6 is 0 Å². The van der Waals surface area contributed by atoms with E-state index >= 15 is 0 Å². The van der Waals surface area contributed by atoms with Gasteiger partial charge in [0.05, 0.1) is 6.26 Å². The molecule has 0 atom stereocenters. The van der Waals surface area contributed by atoms with Crippen LogP contribution in [0, 0.1) is 0 Å². The lowest BCUT2D eigenvalue weighted by Crippen LogP contribution is -1.69. The van der Waals surface area contributed by atoms with Gasteiger partial charge in [0.15, 0.2) is 0 Å². The van der Waals surface area contributed by atoms with Crippen molar-refractivity contribution in [3.63, 3.8) is 0 Å². The molecule has 1 heterocycles. The average molecular weight is 150 g/mol. The second-order valence-electron chi connectivity index (χ2n) is 2.16. The van der Waals surface area contributed by atoms with Crippen molar-refractivity contribution in [3.8, 4) is 0 Å². The van der Waals surface area contributed by atoms with Gasteiger partial charge in [-0.15, -0.1) is 0 Å². The third-order valence-electron chi connectivity index (χ3n) is 1.28. The molecular formula is C9H10O2. The van der Waals surface area contributed by atoms with Crippen LogP contribution in [-0.2, 0) is 4.79 Å². The lowest BCUT2D eigenvalue weighted by Gasteiger charge is -1.82. The summed E-state index contributed by atoms with van der Waals surface area (Å²) in [5, 5.41) is 0. The molecule has 0 saturated heterocycles. The van der Waals surface area contributed by atoms with Gasteiger partial charge in [0.2, 0.25) is 0 Å². The van der Waals surface area contributed by atoms with Gasteiger partial charge in [-0.05, 0) is 24.6 Å². The molecular weight excluding hydrogens is 140 g/mol. The van der Waals surface area contributed by atoms with Gasteiger partial charge in [-0.1, -0.05) is 6.08 Å². The summed E-state index contributed by atoms with van der Waals surface area (Å²) < 4.78 is 5.04. The van der Waals surface area contributed by atoms with Crippen LogP contribution in [0.5, 0.6) is 0 Å². The molecule has 2 heteroatoms. The van der Waals surface area contributed by atoms with Gasteiger partial charge in [-0.2, -0.15) is 0 Å². The molecule has 0 bridgehead atoms. The normalized spacial score (nSPS) is 10.5. The van der Waals surface area contributed by atoms with Gasteiger partial charge < -0.3 is 9.21 Å². The highest BCUT2D eigenvalue weighted by molar-refractivity contribution is 5.50. The van der Waals surface area contributed by atoms with Crippen molar-refractivity contribution >= 4 is 12.4 Å². The first-order valence-electron chi connectivity index (χ1n) is 3.57. The van der Waals surface area contributed by atoms with Crippen molar-refractivity contribution in [1.29, 1.82) is 0 Å². The van der Waals surface area contributed by atoms with Crippen LogP contribution in [0.25, 0.3) is 6.08 Å². The summed E-state index contributed by atoms with van der Waals surface area (Å²) in [4.78, 5) is 9.91. The van der Waals surface area contributed by atoms with Gasteiger partial charge in [0.1, 0.15) is 12.0 Å². The minimum Gasteiger partial charge on any atom is -0.465 e. The van der Waals surface area contributed by atoms with Crippen molar-refractivity contribution in [3.05, 3.63) is 30.2 Å². The lowest BCUT2D eigenvalue weighted by molar-refractivity contribution is -0.107. The van der Waals surface area contributed by atoms with Crippen LogP contribution in [0.15, 0.2) is 28.9 Å². The van der Waals surface area contributed by atoms with E-state index in [0.717, 1.165) is 18.5 Å². The summed E-state index contributed by atoms with van der Waals surface area (Å²) >= 11 is 0. The molecule has 0 saturated carbocycles. The van der Waals surface area contributed by atoms with Crippen LogP contribution in [0.1, 0.15) is 18.6 Å². The highest BCUT2D eigenvalue weighted by Gasteiger charge is 1.85. The van der Waals surface area contributed by atoms with E-state index in [2.05, 4.69) is 0 Å². The van der Waals surface area contributed by atoms with Crippen molar-refractivity contribution in [2.75, 3.05) is 0 Å². The third-order valence-corrected chi connectivity index (χ3v) is 1.28. The van der Waals surface area contributed by atoms with Crippen molar-refractivity contribution in [2.45, 2.75) is 12.8 Å². The maximum Gasteiger partial charge on any atom is 0.126 e. The first-order chi connectivity index (χ1) is 5.43. The number of unbranched alkanes of at least 4 members (excludes halogenated alkanes) is 1. The Hall–Kier alpha value is -1.31. The minimum atomic E-state index is 0.581. The molecule has 1 aromatic rings. The molecule has 1 rings (SSSR count). The van der Waals surface area contributed by atoms with E-state index in [1.54, 1.807) is 6.26 Å². The number of hydrogen-bond donors (Lipinski definition) is 0. The quantitative estimate of drug-likeness (QED) is 0.486. The lowest BCUT2D eigenvalue weighted by atomic mass is 10.3. The average Bonchev–Trinajstić information content (AvgIpc) is 2.50. The van der Waals surface area contributed by atoms with Crippen molar-refractivity contribution < 1.29 is 9.21 Å². The number of allylic oxidation sites excluding steroid dienone is 1. The Morgan fingerprint density at radius 3 is 3.00 bits per heavy atom. The van der Waals surface area contributed by atoms with Crippen LogP contribution in [-0.4, -0.2) is 6.29 Å². The Balaban J connectivity index is 2.31. The number of aldehydes is 1. The number of hydrogen-bond acceptors (Lipinski definition) is 2. The second kappa shape index (κ2) is 4.50. The van der Waals surface area contributed by atoms with E-state index in [4.69, 9.17) is 4.42 Å². The zero-order chi connectivity index (χ0) is 7.94. The maximum absolute atomic E-state index is 9.91. The molecule has 2 nitrogen and oxygen atoms in total. The van der Waals surface area contributed by atoms with Gasteiger partial charge in [-0.25, -0.2) is 0 Å². The number of furan rings is 1. The molecule has 0 radical (unpaired) electrons. The van der Waals surface area contributed by atoms with Crippen LogP contribution in [0.2, 0.25) is 0 Å². The van der Waals surface area contributed by atoms with Gasteiger partial charge >= 0.3 is 0 Å².